The smallest absolute Gasteiger partial charge is 0.223 e. The molecule has 0 atom stereocenters. The standard InChI is InChI=1S/C19H17BrN2O2S/c1-22(12-18-21-15-4-2-3-5-17(15)25-18)19(24)11-10-16(23)13-6-8-14(20)9-7-13/h2-9H,10-12H2,1H3. The summed E-state index contributed by atoms with van der Waals surface area (Å²) in [4.78, 5) is 30.6. The lowest BCUT2D eigenvalue weighted by atomic mass is 10.1. The molecule has 0 bridgehead atoms. The number of carbonyl (C=O) groups is 2. The zero-order valence-electron chi connectivity index (χ0n) is 13.7. The van der Waals surface area contributed by atoms with E-state index in [2.05, 4.69) is 20.9 Å². The number of thiazole rings is 1. The molecule has 4 nitrogen and oxygen atoms in total. The Bertz CT molecular complexity index is 872. The molecule has 0 saturated carbocycles. The molecule has 2 aromatic carbocycles. The molecule has 0 spiro atoms. The summed E-state index contributed by atoms with van der Waals surface area (Å²) in [6.07, 6.45) is 0.418. The number of rotatable bonds is 6. The molecule has 3 aromatic rings. The Hall–Kier alpha value is -2.05. The maximum Gasteiger partial charge on any atom is 0.223 e. The Balaban J connectivity index is 1.55. The lowest BCUT2D eigenvalue weighted by Gasteiger charge is -2.15. The SMILES string of the molecule is CN(Cc1nc2ccccc2s1)C(=O)CCC(=O)c1ccc(Br)cc1. The van der Waals surface area contributed by atoms with Gasteiger partial charge in [0.05, 0.1) is 16.8 Å². The minimum absolute atomic E-state index is 0.0192. The summed E-state index contributed by atoms with van der Waals surface area (Å²) in [6.45, 7) is 0.463. The molecule has 128 valence electrons. The van der Waals surface area contributed by atoms with Crippen LogP contribution in [-0.2, 0) is 11.3 Å². The highest BCUT2D eigenvalue weighted by Gasteiger charge is 2.14. The van der Waals surface area contributed by atoms with E-state index in [4.69, 9.17) is 0 Å². The average molecular weight is 417 g/mol. The van der Waals surface area contributed by atoms with E-state index in [-0.39, 0.29) is 24.5 Å². The number of hydrogen-bond acceptors (Lipinski definition) is 4. The average Bonchev–Trinajstić information content (AvgIpc) is 3.02. The molecular weight excluding hydrogens is 400 g/mol. The van der Waals surface area contributed by atoms with E-state index < -0.39 is 0 Å². The third kappa shape index (κ3) is 4.52. The number of Topliss-reactive ketones (excluding diaryl/α,β-unsaturated/α-hetero) is 1. The number of nitrogens with zero attached hydrogens (tertiary/aromatic N) is 2. The minimum atomic E-state index is -0.0512. The molecule has 1 heterocycles. The first kappa shape index (κ1) is 17.8. The number of aromatic nitrogens is 1. The van der Waals surface area contributed by atoms with Crippen LogP contribution in [0.5, 0.6) is 0 Å². The van der Waals surface area contributed by atoms with Crippen LogP contribution < -0.4 is 0 Å². The van der Waals surface area contributed by atoms with Crippen LogP contribution in [-0.4, -0.2) is 28.6 Å². The second-order valence-corrected chi connectivity index (χ2v) is 7.79. The predicted octanol–water partition coefficient (Wildman–Crippen LogP) is 4.68. The molecule has 0 fully saturated rings. The molecular formula is C19H17BrN2O2S. The molecule has 6 heteroatoms. The molecule has 0 aliphatic rings. The number of ketones is 1. The second-order valence-electron chi connectivity index (χ2n) is 5.76. The van der Waals surface area contributed by atoms with Gasteiger partial charge in [-0.3, -0.25) is 9.59 Å². The van der Waals surface area contributed by atoms with Gasteiger partial charge in [0.15, 0.2) is 5.78 Å². The molecule has 1 amide bonds. The van der Waals surface area contributed by atoms with Crippen molar-refractivity contribution >= 4 is 49.2 Å². The second kappa shape index (κ2) is 7.89. The van der Waals surface area contributed by atoms with Crippen LogP contribution in [0.2, 0.25) is 0 Å². The van der Waals surface area contributed by atoms with E-state index >= 15 is 0 Å². The highest BCUT2D eigenvalue weighted by Crippen LogP contribution is 2.22. The molecule has 25 heavy (non-hydrogen) atoms. The van der Waals surface area contributed by atoms with Crippen molar-refractivity contribution in [1.29, 1.82) is 0 Å². The van der Waals surface area contributed by atoms with Crippen molar-refractivity contribution in [3.05, 3.63) is 63.6 Å². The molecule has 1 aromatic heterocycles. The molecule has 0 aliphatic carbocycles. The van der Waals surface area contributed by atoms with Gasteiger partial charge in [-0.15, -0.1) is 11.3 Å². The molecule has 0 N–H and O–H groups in total. The van der Waals surface area contributed by atoms with Gasteiger partial charge >= 0.3 is 0 Å². The quantitative estimate of drug-likeness (QED) is 0.548. The van der Waals surface area contributed by atoms with Crippen LogP contribution in [0, 0.1) is 0 Å². The maximum atomic E-state index is 12.3. The summed E-state index contributed by atoms with van der Waals surface area (Å²) >= 11 is 4.93. The number of carbonyl (C=O) groups excluding carboxylic acids is 2. The van der Waals surface area contributed by atoms with Crippen LogP contribution in [0.1, 0.15) is 28.2 Å². The van der Waals surface area contributed by atoms with Crippen molar-refractivity contribution in [2.24, 2.45) is 0 Å². The Morgan fingerprint density at radius 2 is 1.80 bits per heavy atom. The van der Waals surface area contributed by atoms with Crippen LogP contribution in [0.3, 0.4) is 0 Å². The van der Waals surface area contributed by atoms with Crippen molar-refractivity contribution in [3.8, 4) is 0 Å². The first-order valence-electron chi connectivity index (χ1n) is 7.90. The summed E-state index contributed by atoms with van der Waals surface area (Å²) in [6, 6.07) is 15.1. The third-order valence-corrected chi connectivity index (χ3v) is 5.42. The highest BCUT2D eigenvalue weighted by molar-refractivity contribution is 9.10. The zero-order valence-corrected chi connectivity index (χ0v) is 16.1. The summed E-state index contributed by atoms with van der Waals surface area (Å²) in [5.41, 5.74) is 1.58. The van der Waals surface area contributed by atoms with Crippen LogP contribution in [0.4, 0.5) is 0 Å². The number of halogens is 1. The lowest BCUT2D eigenvalue weighted by Crippen LogP contribution is -2.26. The van der Waals surface area contributed by atoms with E-state index in [0.717, 1.165) is 19.7 Å². The monoisotopic (exact) mass is 416 g/mol. The Morgan fingerprint density at radius 3 is 2.52 bits per heavy atom. The Kier molecular flexibility index (Phi) is 5.60. The normalized spacial score (nSPS) is 10.8. The first-order chi connectivity index (χ1) is 12.0. The minimum Gasteiger partial charge on any atom is -0.339 e. The van der Waals surface area contributed by atoms with Crippen LogP contribution in [0.15, 0.2) is 53.0 Å². The summed E-state index contributed by atoms with van der Waals surface area (Å²) < 4.78 is 2.04. The van der Waals surface area contributed by atoms with E-state index in [1.807, 2.05) is 36.4 Å². The summed E-state index contributed by atoms with van der Waals surface area (Å²) in [5, 5.41) is 0.899. The molecule has 0 unspecified atom stereocenters. The maximum absolute atomic E-state index is 12.3. The largest absolute Gasteiger partial charge is 0.339 e. The van der Waals surface area contributed by atoms with Gasteiger partial charge in [-0.05, 0) is 24.3 Å². The number of hydrogen-bond donors (Lipinski definition) is 0. The van der Waals surface area contributed by atoms with Gasteiger partial charge in [0.25, 0.3) is 0 Å². The molecule has 0 radical (unpaired) electrons. The fraction of sp³-hybridized carbons (Fsp3) is 0.211. The molecule has 3 rings (SSSR count). The first-order valence-corrected chi connectivity index (χ1v) is 9.51. The van der Waals surface area contributed by atoms with Gasteiger partial charge < -0.3 is 4.90 Å². The number of benzene rings is 2. The van der Waals surface area contributed by atoms with Gasteiger partial charge in [-0.1, -0.05) is 40.2 Å². The van der Waals surface area contributed by atoms with Crippen molar-refractivity contribution in [3.63, 3.8) is 0 Å². The Labute approximate surface area is 158 Å². The summed E-state index contributed by atoms with van der Waals surface area (Å²) in [5.74, 6) is -0.0704. The van der Waals surface area contributed by atoms with E-state index in [1.54, 1.807) is 35.4 Å². The fourth-order valence-corrected chi connectivity index (χ4v) is 3.76. The van der Waals surface area contributed by atoms with Crippen LogP contribution in [0.25, 0.3) is 10.2 Å². The van der Waals surface area contributed by atoms with Gasteiger partial charge in [0.1, 0.15) is 5.01 Å². The highest BCUT2D eigenvalue weighted by atomic mass is 79.9. The van der Waals surface area contributed by atoms with Gasteiger partial charge in [-0.25, -0.2) is 4.98 Å². The topological polar surface area (TPSA) is 50.3 Å². The van der Waals surface area contributed by atoms with E-state index in [9.17, 15) is 9.59 Å². The number of para-hydroxylation sites is 1. The van der Waals surface area contributed by atoms with Gasteiger partial charge in [0.2, 0.25) is 5.91 Å². The molecule has 0 aliphatic heterocycles. The predicted molar refractivity (Wildman–Crippen MR) is 104 cm³/mol. The van der Waals surface area contributed by atoms with Crippen molar-refractivity contribution in [1.82, 2.24) is 9.88 Å². The lowest BCUT2D eigenvalue weighted by molar-refractivity contribution is -0.130. The van der Waals surface area contributed by atoms with Gasteiger partial charge in [0, 0.05) is 29.9 Å². The zero-order chi connectivity index (χ0) is 17.8. The summed E-state index contributed by atoms with van der Waals surface area (Å²) in [7, 11) is 1.75. The van der Waals surface area contributed by atoms with Crippen LogP contribution >= 0.6 is 27.3 Å². The van der Waals surface area contributed by atoms with Crippen molar-refractivity contribution < 1.29 is 9.59 Å². The molecule has 0 saturated heterocycles. The number of fused-ring (bicyclic) bond motifs is 1. The third-order valence-electron chi connectivity index (χ3n) is 3.87. The van der Waals surface area contributed by atoms with Crippen molar-refractivity contribution in [2.45, 2.75) is 19.4 Å². The fourth-order valence-electron chi connectivity index (χ4n) is 2.47. The Morgan fingerprint density at radius 1 is 1.08 bits per heavy atom. The van der Waals surface area contributed by atoms with E-state index in [1.165, 1.54) is 0 Å². The van der Waals surface area contributed by atoms with Gasteiger partial charge in [-0.2, -0.15) is 0 Å². The van der Waals surface area contributed by atoms with Crippen molar-refractivity contribution in [2.75, 3.05) is 7.05 Å². The number of amides is 1. The van der Waals surface area contributed by atoms with E-state index in [0.29, 0.717) is 12.1 Å².